The van der Waals surface area contributed by atoms with E-state index in [1.54, 1.807) is 11.1 Å². The van der Waals surface area contributed by atoms with Gasteiger partial charge in [0.05, 0.1) is 24.3 Å². The molecule has 6 nitrogen and oxygen atoms in total. The predicted molar refractivity (Wildman–Crippen MR) is 91.9 cm³/mol. The molecule has 1 amide bonds. The van der Waals surface area contributed by atoms with Gasteiger partial charge in [0, 0.05) is 37.1 Å². The van der Waals surface area contributed by atoms with Gasteiger partial charge in [-0.25, -0.2) is 0 Å². The number of benzene rings is 1. The molecule has 128 valence electrons. The number of likely N-dealkylation sites (tertiary alicyclic amines) is 1. The lowest BCUT2D eigenvalue weighted by molar-refractivity contribution is -0.123. The third-order valence-electron chi connectivity index (χ3n) is 4.51. The number of hydrogen-bond donors (Lipinski definition) is 1. The van der Waals surface area contributed by atoms with E-state index in [0.29, 0.717) is 12.0 Å². The number of rotatable bonds is 4. The number of aliphatic hydroxyl groups excluding tert-OH is 1. The highest BCUT2D eigenvalue weighted by Gasteiger charge is 2.39. The molecular formula is C18H23N3O3. The highest BCUT2D eigenvalue weighted by atomic mass is 16.3. The van der Waals surface area contributed by atoms with Crippen LogP contribution in [0.3, 0.4) is 0 Å². The number of nitrogens with zero attached hydrogens (tertiary/aromatic N) is 3. The van der Waals surface area contributed by atoms with Gasteiger partial charge in [-0.05, 0) is 20.2 Å². The zero-order valence-corrected chi connectivity index (χ0v) is 14.3. The van der Waals surface area contributed by atoms with Gasteiger partial charge in [-0.1, -0.05) is 18.2 Å². The monoisotopic (exact) mass is 329 g/mol. The van der Waals surface area contributed by atoms with Crippen LogP contribution in [0.2, 0.25) is 0 Å². The summed E-state index contributed by atoms with van der Waals surface area (Å²) in [4.78, 5) is 28.8. The van der Waals surface area contributed by atoms with Gasteiger partial charge in [0.2, 0.25) is 0 Å². The maximum absolute atomic E-state index is 13.1. The smallest absolute Gasteiger partial charge is 0.256 e. The first-order chi connectivity index (χ1) is 11.4. The molecule has 1 aromatic heterocycles. The highest BCUT2D eigenvalue weighted by molar-refractivity contribution is 6.08. The quantitative estimate of drug-likeness (QED) is 0.904. The molecule has 1 unspecified atom stereocenters. The lowest BCUT2D eigenvalue weighted by Crippen LogP contribution is -2.43. The van der Waals surface area contributed by atoms with Crippen molar-refractivity contribution >= 4 is 22.6 Å². The summed E-state index contributed by atoms with van der Waals surface area (Å²) in [6, 6.07) is 7.13. The summed E-state index contributed by atoms with van der Waals surface area (Å²) in [6.45, 7) is 0.461. The van der Waals surface area contributed by atoms with Gasteiger partial charge in [0.25, 0.3) is 5.91 Å². The van der Waals surface area contributed by atoms with E-state index in [1.165, 1.54) is 4.90 Å². The van der Waals surface area contributed by atoms with Crippen molar-refractivity contribution < 1.29 is 14.7 Å². The van der Waals surface area contributed by atoms with Crippen LogP contribution in [-0.4, -0.2) is 70.5 Å². The maximum atomic E-state index is 13.1. The number of aryl methyl sites for hydroxylation is 1. The molecule has 6 heteroatoms. The van der Waals surface area contributed by atoms with Crippen LogP contribution < -0.4 is 0 Å². The molecule has 1 aromatic carbocycles. The Morgan fingerprint density at radius 3 is 2.71 bits per heavy atom. The molecular weight excluding hydrogens is 306 g/mol. The second-order valence-corrected chi connectivity index (χ2v) is 6.74. The van der Waals surface area contributed by atoms with E-state index in [0.717, 1.165) is 10.9 Å². The number of ketones is 1. The zero-order valence-electron chi connectivity index (χ0n) is 14.3. The molecule has 3 rings (SSSR count). The summed E-state index contributed by atoms with van der Waals surface area (Å²) in [7, 11) is 5.53. The first-order valence-corrected chi connectivity index (χ1v) is 8.09. The molecule has 0 bridgehead atoms. The minimum absolute atomic E-state index is 0.0369. The third-order valence-corrected chi connectivity index (χ3v) is 4.51. The van der Waals surface area contributed by atoms with Crippen LogP contribution in [0.5, 0.6) is 0 Å². The Bertz CT molecular complexity index is 781. The van der Waals surface area contributed by atoms with Crippen LogP contribution in [0.1, 0.15) is 16.8 Å². The van der Waals surface area contributed by atoms with Crippen molar-refractivity contribution in [1.82, 2.24) is 14.4 Å². The summed E-state index contributed by atoms with van der Waals surface area (Å²) in [5, 5.41) is 10.9. The predicted octanol–water partition coefficient (Wildman–Crippen LogP) is 0.884. The normalized spacial score (nSPS) is 21.0. The van der Waals surface area contributed by atoms with Crippen molar-refractivity contribution in [3.63, 3.8) is 0 Å². The summed E-state index contributed by atoms with van der Waals surface area (Å²) < 4.78 is 1.91. The molecule has 0 saturated carbocycles. The van der Waals surface area contributed by atoms with E-state index < -0.39 is 12.1 Å². The number of aliphatic hydroxyl groups is 1. The minimum atomic E-state index is -0.653. The van der Waals surface area contributed by atoms with Gasteiger partial charge < -0.3 is 19.5 Å². The second kappa shape index (κ2) is 6.37. The maximum Gasteiger partial charge on any atom is 0.256 e. The van der Waals surface area contributed by atoms with E-state index in [4.69, 9.17) is 0 Å². The number of carbonyl (C=O) groups excluding carboxylic acids is 2. The Balaban J connectivity index is 1.93. The topological polar surface area (TPSA) is 65.8 Å². The Morgan fingerprint density at radius 2 is 2.00 bits per heavy atom. The van der Waals surface area contributed by atoms with Gasteiger partial charge in [-0.15, -0.1) is 0 Å². The lowest BCUT2D eigenvalue weighted by atomic mass is 10.1. The molecule has 24 heavy (non-hydrogen) atoms. The lowest BCUT2D eigenvalue weighted by Gasteiger charge is -2.24. The number of likely N-dealkylation sites (N-methyl/N-ethyl adjacent to an activating group) is 1. The largest absolute Gasteiger partial charge is 0.391 e. The van der Waals surface area contributed by atoms with Gasteiger partial charge in [-0.3, -0.25) is 9.59 Å². The van der Waals surface area contributed by atoms with Crippen molar-refractivity contribution in [3.8, 4) is 0 Å². The van der Waals surface area contributed by atoms with Crippen molar-refractivity contribution in [1.29, 1.82) is 0 Å². The molecule has 1 N–H and O–H groups in total. The molecule has 0 spiro atoms. The second-order valence-electron chi connectivity index (χ2n) is 6.74. The first-order valence-electron chi connectivity index (χ1n) is 8.09. The molecule has 1 aliphatic rings. The molecule has 2 aromatic rings. The van der Waals surface area contributed by atoms with E-state index in [1.807, 2.05) is 50.0 Å². The number of para-hydroxylation sites is 1. The van der Waals surface area contributed by atoms with E-state index >= 15 is 0 Å². The number of fused-ring (bicyclic) bond motifs is 1. The van der Waals surface area contributed by atoms with Crippen molar-refractivity contribution in [2.75, 3.05) is 27.2 Å². The minimum Gasteiger partial charge on any atom is -0.391 e. The van der Waals surface area contributed by atoms with Gasteiger partial charge in [0.1, 0.15) is 0 Å². The van der Waals surface area contributed by atoms with Gasteiger partial charge >= 0.3 is 0 Å². The molecule has 1 saturated heterocycles. The number of carbonyl (C=O) groups is 2. The average molecular weight is 329 g/mol. The molecule has 2 heterocycles. The fourth-order valence-electron chi connectivity index (χ4n) is 3.43. The van der Waals surface area contributed by atoms with Gasteiger partial charge in [-0.2, -0.15) is 0 Å². The van der Waals surface area contributed by atoms with E-state index in [-0.39, 0.29) is 24.8 Å². The van der Waals surface area contributed by atoms with Crippen molar-refractivity contribution in [3.05, 3.63) is 36.0 Å². The summed E-state index contributed by atoms with van der Waals surface area (Å²) in [5.41, 5.74) is 1.54. The fourth-order valence-corrected chi connectivity index (χ4v) is 3.43. The van der Waals surface area contributed by atoms with Crippen LogP contribution in [0.4, 0.5) is 0 Å². The SMILES string of the molecule is CN(C)CC(=O)C1C[C@@H](O)CN1C(=O)c1cn(C)c2ccccc12. The molecule has 1 fully saturated rings. The molecule has 2 atom stereocenters. The number of amides is 1. The Morgan fingerprint density at radius 1 is 1.29 bits per heavy atom. The Kier molecular flexibility index (Phi) is 4.43. The number of hydrogen-bond acceptors (Lipinski definition) is 4. The third kappa shape index (κ3) is 2.95. The van der Waals surface area contributed by atoms with Crippen LogP contribution in [-0.2, 0) is 11.8 Å². The van der Waals surface area contributed by atoms with Crippen LogP contribution in [0, 0.1) is 0 Å². The Hall–Kier alpha value is -2.18. The molecule has 1 aliphatic heterocycles. The highest BCUT2D eigenvalue weighted by Crippen LogP contribution is 2.26. The molecule has 0 aliphatic carbocycles. The van der Waals surface area contributed by atoms with Crippen molar-refractivity contribution in [2.45, 2.75) is 18.6 Å². The molecule has 0 radical (unpaired) electrons. The van der Waals surface area contributed by atoms with Crippen LogP contribution in [0.15, 0.2) is 30.5 Å². The fraction of sp³-hybridized carbons (Fsp3) is 0.444. The average Bonchev–Trinajstić information content (AvgIpc) is 3.08. The van der Waals surface area contributed by atoms with Gasteiger partial charge in [0.15, 0.2) is 5.78 Å². The van der Waals surface area contributed by atoms with Crippen LogP contribution >= 0.6 is 0 Å². The standard InChI is InChI=1S/C18H23N3O3/c1-19(2)11-17(23)16-8-12(22)9-21(16)18(24)14-10-20(3)15-7-5-4-6-13(14)15/h4-7,10,12,16,22H,8-9,11H2,1-3H3/t12-,16?/m1/s1. The zero-order chi connectivity index (χ0) is 17.4. The van der Waals surface area contributed by atoms with E-state index in [9.17, 15) is 14.7 Å². The van der Waals surface area contributed by atoms with E-state index in [2.05, 4.69) is 0 Å². The number of aromatic nitrogens is 1. The Labute approximate surface area is 141 Å². The van der Waals surface area contributed by atoms with Crippen LogP contribution in [0.25, 0.3) is 10.9 Å². The number of β-amino-alcohol motifs (C(OH)–C–C–N with tert-alkyl or cyclic N) is 1. The first kappa shape index (κ1) is 16.7. The number of Topliss-reactive ketones (excluding diaryl/α,β-unsaturated/α-hetero) is 1. The van der Waals surface area contributed by atoms with Crippen molar-refractivity contribution in [2.24, 2.45) is 7.05 Å². The summed E-state index contributed by atoms with van der Waals surface area (Å²) in [6.07, 6.45) is 1.45. The summed E-state index contributed by atoms with van der Waals surface area (Å²) in [5.74, 6) is -0.231. The summed E-state index contributed by atoms with van der Waals surface area (Å²) >= 11 is 0.